The molecule has 14 heteroatoms. The van der Waals surface area contributed by atoms with Crippen LogP contribution >= 0.6 is 0 Å². The van der Waals surface area contributed by atoms with Gasteiger partial charge in [-0.2, -0.15) is 0 Å². The Morgan fingerprint density at radius 3 is 1.11 bits per heavy atom. The van der Waals surface area contributed by atoms with Gasteiger partial charge in [0.15, 0.2) is 12.6 Å². The molecule has 99 heavy (non-hydrogen) atoms. The van der Waals surface area contributed by atoms with E-state index in [1.807, 2.05) is 6.08 Å². The van der Waals surface area contributed by atoms with Gasteiger partial charge in [-0.05, 0) is 77.0 Å². The SMILES string of the molecule is CC/C=C\C/C=C\C/C=C\C/C=C\C/C=C\CCCCCCCCCCCCCCCCCCCCCCCC(=O)NC(COC1OC(CO)C(OC2OC(CO)C(O)C(O)C2O)C(O)C1O)C(O)/C=C/CC/C=C/CCCCCCCCCCCCCCCCCCCCCCCC. The Hall–Kier alpha value is -2.83. The Kier molecular flexibility index (Phi) is 63.6. The monoisotopic (exact) mass is 1400 g/mol. The number of hydrogen-bond acceptors (Lipinski definition) is 13. The molecular weight excluding hydrogens is 1240 g/mol. The van der Waals surface area contributed by atoms with Gasteiger partial charge in [-0.15, -0.1) is 0 Å². The molecule has 2 fully saturated rings. The predicted molar refractivity (Wildman–Crippen MR) is 410 cm³/mol. The van der Waals surface area contributed by atoms with Gasteiger partial charge in [0.1, 0.15) is 48.8 Å². The van der Waals surface area contributed by atoms with Crippen molar-refractivity contribution in [3.63, 3.8) is 0 Å². The van der Waals surface area contributed by atoms with Crippen LogP contribution in [0.1, 0.15) is 354 Å². The number of allylic oxidation sites excluding steroid dienone is 13. The van der Waals surface area contributed by atoms with E-state index < -0.39 is 86.8 Å². The summed E-state index contributed by atoms with van der Waals surface area (Å²) in [5.74, 6) is -0.244. The lowest BCUT2D eigenvalue weighted by Crippen LogP contribution is -2.65. The molecule has 2 heterocycles. The molecule has 2 aliphatic heterocycles. The third-order valence-corrected chi connectivity index (χ3v) is 19.8. The number of carbonyl (C=O) groups excluding carboxylic acids is 1. The molecule has 0 spiro atoms. The molecule has 2 saturated heterocycles. The quantitative estimate of drug-likeness (QED) is 0.0204. The van der Waals surface area contributed by atoms with Crippen LogP contribution in [0, 0.1) is 0 Å². The molecule has 2 rings (SSSR count). The van der Waals surface area contributed by atoms with E-state index in [0.29, 0.717) is 12.8 Å². The molecule has 576 valence electrons. The minimum atomic E-state index is -1.79. The Labute approximate surface area is 605 Å². The summed E-state index contributed by atoms with van der Waals surface area (Å²) in [7, 11) is 0. The van der Waals surface area contributed by atoms with Crippen LogP contribution in [0.3, 0.4) is 0 Å². The number of rotatable bonds is 69. The van der Waals surface area contributed by atoms with Crippen molar-refractivity contribution in [2.75, 3.05) is 19.8 Å². The van der Waals surface area contributed by atoms with Crippen LogP contribution in [-0.4, -0.2) is 140 Å². The van der Waals surface area contributed by atoms with E-state index in [0.717, 1.165) is 64.2 Å². The summed E-state index contributed by atoms with van der Waals surface area (Å²) < 4.78 is 22.9. The predicted octanol–water partition coefficient (Wildman–Crippen LogP) is 19.1. The van der Waals surface area contributed by atoms with Gasteiger partial charge in [0, 0.05) is 6.42 Å². The largest absolute Gasteiger partial charge is 0.394 e. The molecule has 0 aliphatic carbocycles. The Morgan fingerprint density at radius 1 is 0.374 bits per heavy atom. The molecule has 0 aromatic rings. The molecule has 9 N–H and O–H groups in total. The average Bonchev–Trinajstić information content (AvgIpc) is 0.793. The number of carbonyl (C=O) groups is 1. The fraction of sp³-hybridized carbons (Fsp3) is 0.824. The minimum absolute atomic E-state index is 0.244. The number of nitrogens with one attached hydrogen (secondary N) is 1. The number of ether oxygens (including phenoxy) is 4. The molecule has 0 bridgehead atoms. The van der Waals surface area contributed by atoms with Gasteiger partial charge in [0.05, 0.1) is 32.0 Å². The standard InChI is InChI=1S/C85H153NO13/c1-3-5-7-9-11-13-15-17-19-21-23-25-27-29-31-33-34-35-36-37-38-39-40-41-43-45-47-49-51-53-55-57-59-61-63-65-67-69-77(90)86-73(72-96-84-82(95)80(93)83(76(71-88)98-84)99-85-81(94)79(92)78(91)75(70-87)97-85)74(89)68-66-64-62-60-58-56-54-52-50-48-46-44-42-32-30-28-26-24-22-20-18-16-14-12-10-8-6-4-2/h5,7,11,13,17,19,23,25,29,31,58,60,66,68,73-76,78-85,87-89,91-95H,3-4,6,8-10,12,14-16,18,20-22,24,26-28,30,32-57,59,61-65,67,69-72H2,1-2H3,(H,86,90)/b7-5-,13-11-,19-17-,25-23-,31-29-,60-58+,68-66+. The highest BCUT2D eigenvalue weighted by molar-refractivity contribution is 5.76. The molecule has 0 saturated carbocycles. The maximum Gasteiger partial charge on any atom is 0.220 e. The summed E-state index contributed by atoms with van der Waals surface area (Å²) in [6.07, 6.45) is 79.6. The van der Waals surface area contributed by atoms with Gasteiger partial charge < -0.3 is 65.1 Å². The van der Waals surface area contributed by atoms with E-state index in [4.69, 9.17) is 18.9 Å². The lowest BCUT2D eigenvalue weighted by molar-refractivity contribution is -0.359. The molecule has 12 atom stereocenters. The van der Waals surface area contributed by atoms with E-state index >= 15 is 0 Å². The summed E-state index contributed by atoms with van der Waals surface area (Å²) in [5.41, 5.74) is 0. The first-order valence-corrected chi connectivity index (χ1v) is 41.3. The highest BCUT2D eigenvalue weighted by atomic mass is 16.7. The van der Waals surface area contributed by atoms with Gasteiger partial charge in [0.25, 0.3) is 0 Å². The summed E-state index contributed by atoms with van der Waals surface area (Å²) in [6.45, 7) is 2.72. The Balaban J connectivity index is 1.60. The van der Waals surface area contributed by atoms with Gasteiger partial charge >= 0.3 is 0 Å². The second-order valence-electron chi connectivity index (χ2n) is 28.9. The molecule has 0 aromatic heterocycles. The topological polar surface area (TPSA) is 228 Å². The first-order valence-electron chi connectivity index (χ1n) is 41.3. The highest BCUT2D eigenvalue weighted by Crippen LogP contribution is 2.30. The van der Waals surface area contributed by atoms with Crippen molar-refractivity contribution in [1.82, 2.24) is 5.32 Å². The van der Waals surface area contributed by atoms with E-state index in [1.165, 1.54) is 257 Å². The van der Waals surface area contributed by atoms with Crippen LogP contribution in [0.25, 0.3) is 0 Å². The van der Waals surface area contributed by atoms with E-state index in [2.05, 4.69) is 92.1 Å². The third kappa shape index (κ3) is 51.1. The molecule has 2 aliphatic rings. The van der Waals surface area contributed by atoms with Crippen LogP contribution in [0.4, 0.5) is 0 Å². The van der Waals surface area contributed by atoms with Crippen LogP contribution in [0.2, 0.25) is 0 Å². The maximum absolute atomic E-state index is 13.4. The van der Waals surface area contributed by atoms with E-state index in [9.17, 15) is 45.6 Å². The first kappa shape index (κ1) is 92.3. The third-order valence-electron chi connectivity index (χ3n) is 19.8. The zero-order chi connectivity index (χ0) is 71.5. The summed E-state index contributed by atoms with van der Waals surface area (Å²) >= 11 is 0. The van der Waals surface area contributed by atoms with Crippen molar-refractivity contribution in [2.24, 2.45) is 0 Å². The van der Waals surface area contributed by atoms with Crippen LogP contribution in [0.15, 0.2) is 85.1 Å². The lowest BCUT2D eigenvalue weighted by Gasteiger charge is -2.46. The van der Waals surface area contributed by atoms with Gasteiger partial charge in [-0.1, -0.05) is 356 Å². The number of amides is 1. The average molecular weight is 1400 g/mol. The van der Waals surface area contributed by atoms with Crippen molar-refractivity contribution in [3.05, 3.63) is 85.1 Å². The Morgan fingerprint density at radius 2 is 0.707 bits per heavy atom. The van der Waals surface area contributed by atoms with Crippen molar-refractivity contribution in [3.8, 4) is 0 Å². The maximum atomic E-state index is 13.4. The molecule has 14 nitrogen and oxygen atoms in total. The zero-order valence-corrected chi connectivity index (χ0v) is 63.2. The fourth-order valence-electron chi connectivity index (χ4n) is 13.3. The lowest BCUT2D eigenvalue weighted by atomic mass is 9.97. The first-order chi connectivity index (χ1) is 48.6. The molecule has 1 amide bonds. The van der Waals surface area contributed by atoms with Crippen molar-refractivity contribution in [2.45, 2.75) is 428 Å². The van der Waals surface area contributed by atoms with Crippen LogP contribution in [-0.2, 0) is 23.7 Å². The van der Waals surface area contributed by atoms with E-state index in [-0.39, 0.29) is 18.9 Å². The molecule has 0 radical (unpaired) electrons. The van der Waals surface area contributed by atoms with Crippen molar-refractivity contribution in [1.29, 1.82) is 0 Å². The van der Waals surface area contributed by atoms with Crippen LogP contribution < -0.4 is 5.32 Å². The molecular formula is C85H153NO13. The molecule has 0 aromatic carbocycles. The number of hydrogen-bond donors (Lipinski definition) is 9. The second kappa shape index (κ2) is 68.3. The van der Waals surface area contributed by atoms with Crippen molar-refractivity contribution < 1.29 is 64.6 Å². The molecule has 12 unspecified atom stereocenters. The van der Waals surface area contributed by atoms with Crippen LogP contribution in [0.5, 0.6) is 0 Å². The smallest absolute Gasteiger partial charge is 0.220 e. The summed E-state index contributed by atoms with van der Waals surface area (Å²) in [4.78, 5) is 13.4. The fourth-order valence-corrected chi connectivity index (χ4v) is 13.3. The number of aliphatic hydroxyl groups is 8. The zero-order valence-electron chi connectivity index (χ0n) is 63.2. The van der Waals surface area contributed by atoms with Gasteiger partial charge in [-0.25, -0.2) is 0 Å². The second-order valence-corrected chi connectivity index (χ2v) is 28.9. The highest BCUT2D eigenvalue weighted by Gasteiger charge is 2.51. The number of aliphatic hydroxyl groups excluding tert-OH is 8. The number of unbranched alkanes of at least 4 members (excludes halogenated alkanes) is 44. The van der Waals surface area contributed by atoms with Crippen molar-refractivity contribution >= 4 is 5.91 Å². The summed E-state index contributed by atoms with van der Waals surface area (Å²) in [6, 6.07) is -0.936. The van der Waals surface area contributed by atoms with E-state index in [1.54, 1.807) is 6.08 Å². The van der Waals surface area contributed by atoms with Gasteiger partial charge in [-0.3, -0.25) is 4.79 Å². The minimum Gasteiger partial charge on any atom is -0.394 e. The summed E-state index contributed by atoms with van der Waals surface area (Å²) in [5, 5.41) is 87.7. The normalized spacial score (nSPS) is 22.4. The van der Waals surface area contributed by atoms with Gasteiger partial charge in [0.2, 0.25) is 5.91 Å². The Bertz CT molecular complexity index is 1990.